The smallest absolute Gasteiger partial charge is 0.233 e. The molecule has 0 amide bonds. The molecule has 0 aliphatic rings. The minimum atomic E-state index is -0.615. The molecule has 0 saturated carbocycles. The molecule has 0 fully saturated rings. The van der Waals surface area contributed by atoms with Crippen LogP contribution in [0.25, 0.3) is 11.3 Å². The SMILES string of the molecule is CC(=O)c1ccc(OCc2nc(C)c(-c3ccc(Cl)cc3)o2)cc1F. The number of aryl methyl sites for hydroxylation is 1. The Labute approximate surface area is 149 Å². The number of Topliss-reactive ketones (excluding diaryl/α,β-unsaturated/α-hetero) is 1. The zero-order chi connectivity index (χ0) is 18.0. The van der Waals surface area contributed by atoms with Crippen molar-refractivity contribution in [2.75, 3.05) is 0 Å². The molecule has 1 heterocycles. The number of rotatable bonds is 5. The Balaban J connectivity index is 1.74. The summed E-state index contributed by atoms with van der Waals surface area (Å²) < 4.78 is 25.0. The summed E-state index contributed by atoms with van der Waals surface area (Å²) in [5, 5.41) is 0.639. The molecule has 3 aromatic rings. The lowest BCUT2D eigenvalue weighted by Crippen LogP contribution is -2.00. The number of hydrogen-bond acceptors (Lipinski definition) is 4. The molecule has 1 aromatic heterocycles. The van der Waals surface area contributed by atoms with Crippen LogP contribution in [0.3, 0.4) is 0 Å². The molecule has 0 atom stereocenters. The minimum Gasteiger partial charge on any atom is -0.484 e. The highest BCUT2D eigenvalue weighted by atomic mass is 35.5. The molecule has 4 nitrogen and oxygen atoms in total. The van der Waals surface area contributed by atoms with Crippen LogP contribution in [0.5, 0.6) is 5.75 Å². The molecule has 6 heteroatoms. The van der Waals surface area contributed by atoms with Crippen molar-refractivity contribution in [2.45, 2.75) is 20.5 Å². The summed E-state index contributed by atoms with van der Waals surface area (Å²) >= 11 is 5.89. The number of carbonyl (C=O) groups excluding carboxylic acids is 1. The summed E-state index contributed by atoms with van der Waals surface area (Å²) in [4.78, 5) is 15.6. The van der Waals surface area contributed by atoms with Crippen molar-refractivity contribution in [3.05, 3.63) is 70.5 Å². The van der Waals surface area contributed by atoms with Crippen LogP contribution >= 0.6 is 11.6 Å². The number of benzene rings is 2. The lowest BCUT2D eigenvalue weighted by Gasteiger charge is -2.05. The van der Waals surface area contributed by atoms with Gasteiger partial charge < -0.3 is 9.15 Å². The van der Waals surface area contributed by atoms with Crippen molar-refractivity contribution in [3.8, 4) is 17.1 Å². The lowest BCUT2D eigenvalue weighted by molar-refractivity contribution is 0.101. The van der Waals surface area contributed by atoms with Crippen molar-refractivity contribution in [3.63, 3.8) is 0 Å². The molecule has 128 valence electrons. The number of hydrogen-bond donors (Lipinski definition) is 0. The minimum absolute atomic E-state index is 0.0318. The number of carbonyl (C=O) groups is 1. The number of ether oxygens (including phenoxy) is 1. The van der Waals surface area contributed by atoms with E-state index in [1.54, 1.807) is 12.1 Å². The Morgan fingerprint density at radius 3 is 2.60 bits per heavy atom. The second-order valence-electron chi connectivity index (χ2n) is 5.52. The topological polar surface area (TPSA) is 52.3 Å². The van der Waals surface area contributed by atoms with E-state index in [1.165, 1.54) is 25.1 Å². The third-order valence-electron chi connectivity index (χ3n) is 3.63. The zero-order valence-corrected chi connectivity index (χ0v) is 14.4. The van der Waals surface area contributed by atoms with Gasteiger partial charge in [-0.1, -0.05) is 11.6 Å². The molecule has 0 bridgehead atoms. The van der Waals surface area contributed by atoms with Gasteiger partial charge in [0.1, 0.15) is 11.6 Å². The number of halogens is 2. The van der Waals surface area contributed by atoms with Crippen LogP contribution in [0.4, 0.5) is 4.39 Å². The third-order valence-corrected chi connectivity index (χ3v) is 3.88. The van der Waals surface area contributed by atoms with Gasteiger partial charge in [0, 0.05) is 16.7 Å². The Hall–Kier alpha value is -2.66. The van der Waals surface area contributed by atoms with Gasteiger partial charge in [0.25, 0.3) is 0 Å². The van der Waals surface area contributed by atoms with E-state index in [1.807, 2.05) is 19.1 Å². The van der Waals surface area contributed by atoms with E-state index in [-0.39, 0.29) is 18.0 Å². The zero-order valence-electron chi connectivity index (χ0n) is 13.7. The first-order chi connectivity index (χ1) is 11.9. The van der Waals surface area contributed by atoms with Crippen LogP contribution in [0.2, 0.25) is 5.02 Å². The Morgan fingerprint density at radius 2 is 1.96 bits per heavy atom. The number of ketones is 1. The first-order valence-electron chi connectivity index (χ1n) is 7.59. The van der Waals surface area contributed by atoms with Crippen LogP contribution in [0.1, 0.15) is 28.9 Å². The van der Waals surface area contributed by atoms with Gasteiger partial charge in [-0.25, -0.2) is 9.37 Å². The van der Waals surface area contributed by atoms with E-state index in [0.717, 1.165) is 11.3 Å². The first-order valence-corrected chi connectivity index (χ1v) is 7.97. The predicted octanol–water partition coefficient (Wildman–Crippen LogP) is 5.22. The fraction of sp³-hybridized carbons (Fsp3) is 0.158. The molecule has 0 radical (unpaired) electrons. The van der Waals surface area contributed by atoms with Crippen molar-refractivity contribution >= 4 is 17.4 Å². The van der Waals surface area contributed by atoms with Gasteiger partial charge in [0.05, 0.1) is 11.3 Å². The maximum Gasteiger partial charge on any atom is 0.233 e. The van der Waals surface area contributed by atoms with Crippen LogP contribution in [0.15, 0.2) is 46.9 Å². The van der Waals surface area contributed by atoms with Crippen molar-refractivity contribution in [2.24, 2.45) is 0 Å². The van der Waals surface area contributed by atoms with Crippen LogP contribution in [-0.4, -0.2) is 10.8 Å². The summed E-state index contributed by atoms with van der Waals surface area (Å²) in [7, 11) is 0. The number of oxazole rings is 1. The second kappa shape index (κ2) is 7.07. The predicted molar refractivity (Wildman–Crippen MR) is 92.4 cm³/mol. The van der Waals surface area contributed by atoms with Crippen molar-refractivity contribution in [1.82, 2.24) is 4.98 Å². The van der Waals surface area contributed by atoms with Crippen molar-refractivity contribution in [1.29, 1.82) is 0 Å². The number of aromatic nitrogens is 1. The quantitative estimate of drug-likeness (QED) is 0.586. The van der Waals surface area contributed by atoms with Gasteiger partial charge in [-0.15, -0.1) is 0 Å². The van der Waals surface area contributed by atoms with Gasteiger partial charge in [-0.3, -0.25) is 4.79 Å². The highest BCUT2D eigenvalue weighted by Crippen LogP contribution is 2.26. The van der Waals surface area contributed by atoms with Gasteiger partial charge in [0.15, 0.2) is 18.2 Å². The highest BCUT2D eigenvalue weighted by Gasteiger charge is 2.13. The fourth-order valence-corrected chi connectivity index (χ4v) is 2.53. The van der Waals surface area contributed by atoms with E-state index >= 15 is 0 Å². The summed E-state index contributed by atoms with van der Waals surface area (Å²) in [6.45, 7) is 3.19. The molecule has 0 saturated heterocycles. The average Bonchev–Trinajstić information content (AvgIpc) is 2.94. The third kappa shape index (κ3) is 3.88. The molecule has 25 heavy (non-hydrogen) atoms. The molecule has 3 rings (SSSR count). The van der Waals surface area contributed by atoms with E-state index in [2.05, 4.69) is 4.98 Å². The molecule has 0 aliphatic heterocycles. The van der Waals surface area contributed by atoms with Gasteiger partial charge >= 0.3 is 0 Å². The molecule has 0 unspecified atom stereocenters. The lowest BCUT2D eigenvalue weighted by atomic mass is 10.1. The van der Waals surface area contributed by atoms with Crippen molar-refractivity contribution < 1.29 is 18.3 Å². The maximum atomic E-state index is 13.8. The Kier molecular flexibility index (Phi) is 4.86. The summed E-state index contributed by atoms with van der Waals surface area (Å²) in [5.74, 6) is 0.355. The van der Waals surface area contributed by atoms with E-state index in [4.69, 9.17) is 20.8 Å². The van der Waals surface area contributed by atoms with E-state index in [9.17, 15) is 9.18 Å². The van der Waals surface area contributed by atoms with Crippen LogP contribution in [-0.2, 0) is 6.61 Å². The average molecular weight is 360 g/mol. The Bertz CT molecular complexity index is 919. The molecule has 0 aliphatic carbocycles. The number of nitrogens with zero attached hydrogens (tertiary/aromatic N) is 1. The summed E-state index contributed by atoms with van der Waals surface area (Å²) in [6, 6.07) is 11.3. The highest BCUT2D eigenvalue weighted by molar-refractivity contribution is 6.30. The van der Waals surface area contributed by atoms with E-state index < -0.39 is 5.82 Å². The fourth-order valence-electron chi connectivity index (χ4n) is 2.40. The van der Waals surface area contributed by atoms with Gasteiger partial charge in [-0.05, 0) is 50.2 Å². The standard InChI is InChI=1S/C19H15ClFNO3/c1-11-19(13-3-5-14(20)6-4-13)25-18(22-11)10-24-15-7-8-16(12(2)23)17(21)9-15/h3-9H,10H2,1-2H3. The van der Waals surface area contributed by atoms with Crippen LogP contribution in [0, 0.1) is 12.7 Å². The molecular formula is C19H15ClFNO3. The Morgan fingerprint density at radius 1 is 1.24 bits per heavy atom. The normalized spacial score (nSPS) is 10.7. The molecule has 2 aromatic carbocycles. The van der Waals surface area contributed by atoms with Crippen LogP contribution < -0.4 is 4.74 Å². The molecular weight excluding hydrogens is 345 g/mol. The first kappa shape index (κ1) is 17.2. The summed E-state index contributed by atoms with van der Waals surface area (Å²) in [5.41, 5.74) is 1.61. The van der Waals surface area contributed by atoms with Gasteiger partial charge in [-0.2, -0.15) is 0 Å². The largest absolute Gasteiger partial charge is 0.484 e. The van der Waals surface area contributed by atoms with E-state index in [0.29, 0.717) is 22.4 Å². The summed E-state index contributed by atoms with van der Waals surface area (Å²) in [6.07, 6.45) is 0. The van der Waals surface area contributed by atoms with Gasteiger partial charge in [0.2, 0.25) is 5.89 Å². The monoisotopic (exact) mass is 359 g/mol. The second-order valence-corrected chi connectivity index (χ2v) is 5.95. The maximum absolute atomic E-state index is 13.8. The molecule has 0 spiro atoms. The molecule has 0 N–H and O–H groups in total.